The number of amides is 1. The van der Waals surface area contributed by atoms with Crippen LogP contribution >= 0.6 is 0 Å². The Hall–Kier alpha value is -2.23. The topological polar surface area (TPSA) is 56.1 Å². The molecule has 0 saturated carbocycles. The molecule has 1 amide bonds. The Morgan fingerprint density at radius 2 is 2.23 bits per heavy atom. The van der Waals surface area contributed by atoms with Crippen molar-refractivity contribution in [3.05, 3.63) is 29.3 Å². The molecule has 1 N–H and O–H groups in total. The molecule has 0 aliphatic carbocycles. The Labute approximate surface area is 126 Å². The standard InChI is InChI=1S/C15H16F3N3O/c1-2-14(22)21-6-5-12(9-21)20-11-3-4-13(15(16,17)18)10(7-11)8-19/h3-4,7,12,20H,2,5-6,9H2,1H3/t12-/m0/s1. The maximum atomic E-state index is 12.7. The first-order valence-electron chi connectivity index (χ1n) is 7.00. The summed E-state index contributed by atoms with van der Waals surface area (Å²) in [7, 11) is 0. The van der Waals surface area contributed by atoms with Gasteiger partial charge in [-0.3, -0.25) is 4.79 Å². The van der Waals surface area contributed by atoms with Crippen LogP contribution in [0.15, 0.2) is 18.2 Å². The van der Waals surface area contributed by atoms with Gasteiger partial charge < -0.3 is 10.2 Å². The highest BCUT2D eigenvalue weighted by atomic mass is 19.4. The van der Waals surface area contributed by atoms with Crippen molar-refractivity contribution in [2.45, 2.75) is 32.0 Å². The van der Waals surface area contributed by atoms with E-state index in [0.29, 0.717) is 25.2 Å². The summed E-state index contributed by atoms with van der Waals surface area (Å²) in [6, 6.07) is 4.99. The van der Waals surface area contributed by atoms with Gasteiger partial charge in [-0.05, 0) is 24.6 Å². The van der Waals surface area contributed by atoms with Crippen LogP contribution in [0.2, 0.25) is 0 Å². The van der Waals surface area contributed by atoms with Gasteiger partial charge in [0.05, 0.1) is 17.2 Å². The highest BCUT2D eigenvalue weighted by molar-refractivity contribution is 5.76. The number of likely N-dealkylation sites (tertiary alicyclic amines) is 1. The fourth-order valence-corrected chi connectivity index (χ4v) is 2.54. The normalized spacial score (nSPS) is 18.1. The van der Waals surface area contributed by atoms with Crippen molar-refractivity contribution in [1.82, 2.24) is 4.90 Å². The summed E-state index contributed by atoms with van der Waals surface area (Å²) in [5.41, 5.74) is -0.882. The summed E-state index contributed by atoms with van der Waals surface area (Å²) in [6.07, 6.45) is -3.37. The maximum Gasteiger partial charge on any atom is 0.417 e. The van der Waals surface area contributed by atoms with Gasteiger partial charge in [0.15, 0.2) is 0 Å². The van der Waals surface area contributed by atoms with Gasteiger partial charge in [0.1, 0.15) is 0 Å². The van der Waals surface area contributed by atoms with Crippen LogP contribution in [-0.2, 0) is 11.0 Å². The van der Waals surface area contributed by atoms with Gasteiger partial charge in [0.2, 0.25) is 5.91 Å². The van der Waals surface area contributed by atoms with Crippen LogP contribution in [0, 0.1) is 11.3 Å². The second kappa shape index (κ2) is 6.26. The predicted molar refractivity (Wildman–Crippen MR) is 75.1 cm³/mol. The molecule has 1 aromatic carbocycles. The zero-order valence-electron chi connectivity index (χ0n) is 12.1. The number of hydrogen-bond donors (Lipinski definition) is 1. The SMILES string of the molecule is CCC(=O)N1CC[C@H](Nc2ccc(C(F)(F)F)c(C#N)c2)C1. The van der Waals surface area contributed by atoms with E-state index in [1.54, 1.807) is 17.9 Å². The van der Waals surface area contributed by atoms with E-state index in [4.69, 9.17) is 5.26 Å². The number of halogens is 3. The molecule has 2 rings (SSSR count). The van der Waals surface area contributed by atoms with Crippen LogP contribution in [0.4, 0.5) is 18.9 Å². The van der Waals surface area contributed by atoms with Gasteiger partial charge in [-0.2, -0.15) is 18.4 Å². The third kappa shape index (κ3) is 3.50. The number of nitriles is 1. The number of benzene rings is 1. The number of alkyl halides is 3. The van der Waals surface area contributed by atoms with E-state index in [1.165, 1.54) is 12.1 Å². The number of anilines is 1. The maximum absolute atomic E-state index is 12.7. The first-order chi connectivity index (χ1) is 10.3. The molecule has 4 nitrogen and oxygen atoms in total. The van der Waals surface area contributed by atoms with Crippen LogP contribution in [0.1, 0.15) is 30.9 Å². The zero-order chi connectivity index (χ0) is 16.3. The average Bonchev–Trinajstić information content (AvgIpc) is 2.93. The lowest BCUT2D eigenvalue weighted by molar-refractivity contribution is -0.137. The molecular formula is C15H16F3N3O. The lowest BCUT2D eigenvalue weighted by Crippen LogP contribution is -2.30. The Morgan fingerprint density at radius 3 is 2.82 bits per heavy atom. The number of nitrogens with zero attached hydrogens (tertiary/aromatic N) is 2. The third-order valence-electron chi connectivity index (χ3n) is 3.66. The van der Waals surface area contributed by atoms with Crippen molar-refractivity contribution in [1.29, 1.82) is 5.26 Å². The molecule has 1 saturated heterocycles. The molecule has 0 unspecified atom stereocenters. The lowest BCUT2D eigenvalue weighted by Gasteiger charge is -2.18. The molecule has 7 heteroatoms. The Bertz CT molecular complexity index is 607. The van der Waals surface area contributed by atoms with Crippen molar-refractivity contribution in [2.75, 3.05) is 18.4 Å². The predicted octanol–water partition coefficient (Wildman–Crippen LogP) is 3.00. The molecule has 0 spiro atoms. The molecule has 1 aliphatic rings. The van der Waals surface area contributed by atoms with E-state index in [-0.39, 0.29) is 11.9 Å². The fourth-order valence-electron chi connectivity index (χ4n) is 2.54. The smallest absolute Gasteiger partial charge is 0.380 e. The van der Waals surface area contributed by atoms with Crippen molar-refractivity contribution < 1.29 is 18.0 Å². The highest BCUT2D eigenvalue weighted by Gasteiger charge is 2.33. The molecule has 118 valence electrons. The first kappa shape index (κ1) is 16.1. The summed E-state index contributed by atoms with van der Waals surface area (Å²) < 4.78 is 38.2. The fraction of sp³-hybridized carbons (Fsp3) is 0.467. The molecular weight excluding hydrogens is 295 g/mol. The molecule has 1 atom stereocenters. The molecule has 1 fully saturated rings. The van der Waals surface area contributed by atoms with Crippen LogP contribution in [0.3, 0.4) is 0 Å². The summed E-state index contributed by atoms with van der Waals surface area (Å²) in [4.78, 5) is 13.3. The largest absolute Gasteiger partial charge is 0.417 e. The number of rotatable bonds is 3. The van der Waals surface area contributed by atoms with Crippen molar-refractivity contribution >= 4 is 11.6 Å². The average molecular weight is 311 g/mol. The van der Waals surface area contributed by atoms with Crippen molar-refractivity contribution in [2.24, 2.45) is 0 Å². The lowest BCUT2D eigenvalue weighted by atomic mass is 10.1. The second-order valence-electron chi connectivity index (χ2n) is 5.19. The quantitative estimate of drug-likeness (QED) is 0.933. The minimum atomic E-state index is -4.54. The van der Waals surface area contributed by atoms with E-state index in [0.717, 1.165) is 12.5 Å². The van der Waals surface area contributed by atoms with Gasteiger partial charge >= 0.3 is 6.18 Å². The van der Waals surface area contributed by atoms with Crippen LogP contribution < -0.4 is 5.32 Å². The van der Waals surface area contributed by atoms with Crippen molar-refractivity contribution in [3.8, 4) is 6.07 Å². The summed E-state index contributed by atoms with van der Waals surface area (Å²) in [5, 5.41) is 12.0. The van der Waals surface area contributed by atoms with Crippen LogP contribution in [-0.4, -0.2) is 29.9 Å². The molecule has 0 radical (unpaired) electrons. The second-order valence-corrected chi connectivity index (χ2v) is 5.19. The molecule has 1 heterocycles. The molecule has 0 aromatic heterocycles. The van der Waals surface area contributed by atoms with Gasteiger partial charge in [0, 0.05) is 31.2 Å². The molecule has 1 aliphatic heterocycles. The number of nitrogens with one attached hydrogen (secondary N) is 1. The van der Waals surface area contributed by atoms with E-state index in [9.17, 15) is 18.0 Å². The first-order valence-corrected chi connectivity index (χ1v) is 7.00. The highest BCUT2D eigenvalue weighted by Crippen LogP contribution is 2.33. The monoisotopic (exact) mass is 311 g/mol. The van der Waals surface area contributed by atoms with Gasteiger partial charge in [-0.1, -0.05) is 6.92 Å². The van der Waals surface area contributed by atoms with Crippen molar-refractivity contribution in [3.63, 3.8) is 0 Å². The van der Waals surface area contributed by atoms with E-state index in [1.807, 2.05) is 0 Å². The minimum Gasteiger partial charge on any atom is -0.380 e. The van der Waals surface area contributed by atoms with E-state index < -0.39 is 17.3 Å². The van der Waals surface area contributed by atoms with E-state index >= 15 is 0 Å². The summed E-state index contributed by atoms with van der Waals surface area (Å²) in [5.74, 6) is 0.0643. The van der Waals surface area contributed by atoms with E-state index in [2.05, 4.69) is 5.32 Å². The molecule has 22 heavy (non-hydrogen) atoms. The Kier molecular flexibility index (Phi) is 4.59. The Morgan fingerprint density at radius 1 is 1.50 bits per heavy atom. The van der Waals surface area contributed by atoms with Gasteiger partial charge in [0.25, 0.3) is 0 Å². The zero-order valence-corrected chi connectivity index (χ0v) is 12.1. The van der Waals surface area contributed by atoms with Crippen LogP contribution in [0.5, 0.6) is 0 Å². The summed E-state index contributed by atoms with van der Waals surface area (Å²) in [6.45, 7) is 2.95. The van der Waals surface area contributed by atoms with Gasteiger partial charge in [-0.25, -0.2) is 0 Å². The Balaban J connectivity index is 2.09. The number of hydrogen-bond acceptors (Lipinski definition) is 3. The number of carbonyl (C=O) groups excluding carboxylic acids is 1. The number of carbonyl (C=O) groups is 1. The minimum absolute atomic E-state index is 0.0150. The van der Waals surface area contributed by atoms with Gasteiger partial charge in [-0.15, -0.1) is 0 Å². The molecule has 1 aromatic rings. The molecule has 0 bridgehead atoms. The van der Waals surface area contributed by atoms with Crippen LogP contribution in [0.25, 0.3) is 0 Å². The summed E-state index contributed by atoms with van der Waals surface area (Å²) >= 11 is 0. The third-order valence-corrected chi connectivity index (χ3v) is 3.66.